The number of carbonyl (C=O) groups excluding carboxylic acids is 1. The molecule has 122 valence electrons. The summed E-state index contributed by atoms with van der Waals surface area (Å²) in [6, 6.07) is 10.3. The number of esters is 1. The first-order valence-electron chi connectivity index (χ1n) is 6.86. The van der Waals surface area contributed by atoms with E-state index in [4.69, 9.17) is 16.3 Å². The number of hydrogen-bond donors (Lipinski definition) is 0. The number of rotatable bonds is 4. The first-order valence-corrected chi connectivity index (χ1v) is 8.12. The second-order valence-corrected chi connectivity index (χ2v) is 6.12. The van der Waals surface area contributed by atoms with Crippen molar-refractivity contribution in [2.24, 2.45) is 0 Å². The van der Waals surface area contributed by atoms with Crippen molar-refractivity contribution in [1.82, 2.24) is 4.98 Å². The Labute approximate surface area is 145 Å². The molecule has 2 aromatic carbocycles. The summed E-state index contributed by atoms with van der Waals surface area (Å²) in [6.07, 6.45) is 0. The zero-order chi connectivity index (χ0) is 17.1. The van der Waals surface area contributed by atoms with Crippen molar-refractivity contribution in [2.75, 3.05) is 0 Å². The predicted molar refractivity (Wildman–Crippen MR) is 88.0 cm³/mol. The van der Waals surface area contributed by atoms with E-state index < -0.39 is 23.2 Å². The number of hydrogen-bond acceptors (Lipinski definition) is 4. The van der Waals surface area contributed by atoms with Gasteiger partial charge in [0.1, 0.15) is 28.8 Å². The highest BCUT2D eigenvalue weighted by Crippen LogP contribution is 2.25. The van der Waals surface area contributed by atoms with Crippen LogP contribution in [0.4, 0.5) is 8.78 Å². The van der Waals surface area contributed by atoms with Crippen LogP contribution in [0.1, 0.15) is 16.1 Å². The molecule has 0 saturated heterocycles. The van der Waals surface area contributed by atoms with E-state index in [1.807, 2.05) is 12.1 Å². The highest BCUT2D eigenvalue weighted by Gasteiger charge is 2.19. The summed E-state index contributed by atoms with van der Waals surface area (Å²) in [7, 11) is 0. The van der Waals surface area contributed by atoms with Crippen molar-refractivity contribution in [2.45, 2.75) is 6.61 Å². The molecule has 0 radical (unpaired) electrons. The molecule has 7 heteroatoms. The molecule has 0 spiro atoms. The number of thiazole rings is 1. The minimum atomic E-state index is -1.06. The third-order valence-corrected chi connectivity index (χ3v) is 4.35. The van der Waals surface area contributed by atoms with Gasteiger partial charge in [-0.15, -0.1) is 11.3 Å². The van der Waals surface area contributed by atoms with Crippen molar-refractivity contribution in [1.29, 1.82) is 0 Å². The van der Waals surface area contributed by atoms with E-state index in [1.165, 1.54) is 17.4 Å². The highest BCUT2D eigenvalue weighted by atomic mass is 35.5. The first-order chi connectivity index (χ1) is 11.5. The Hall–Kier alpha value is -2.31. The van der Waals surface area contributed by atoms with Gasteiger partial charge < -0.3 is 4.74 Å². The van der Waals surface area contributed by atoms with Crippen molar-refractivity contribution < 1.29 is 18.3 Å². The van der Waals surface area contributed by atoms with Crippen molar-refractivity contribution in [3.8, 4) is 10.6 Å². The maximum absolute atomic E-state index is 13.5. The Morgan fingerprint density at radius 3 is 2.46 bits per heavy atom. The van der Waals surface area contributed by atoms with Gasteiger partial charge in [0.25, 0.3) is 0 Å². The van der Waals surface area contributed by atoms with Crippen LogP contribution >= 0.6 is 22.9 Å². The van der Waals surface area contributed by atoms with Crippen LogP contribution in [-0.2, 0) is 11.3 Å². The lowest BCUT2D eigenvalue weighted by Crippen LogP contribution is -2.10. The molecule has 3 aromatic rings. The van der Waals surface area contributed by atoms with Gasteiger partial charge in [-0.25, -0.2) is 18.6 Å². The number of carbonyl (C=O) groups is 1. The molecule has 1 aromatic heterocycles. The van der Waals surface area contributed by atoms with E-state index in [0.717, 1.165) is 22.7 Å². The third-order valence-electron chi connectivity index (χ3n) is 3.16. The molecule has 0 aliphatic carbocycles. The molecule has 0 N–H and O–H groups in total. The zero-order valence-corrected chi connectivity index (χ0v) is 13.7. The molecule has 1 heterocycles. The largest absolute Gasteiger partial charge is 0.455 e. The van der Waals surface area contributed by atoms with Crippen LogP contribution in [0, 0.1) is 11.6 Å². The molecular weight excluding hydrogens is 356 g/mol. The van der Waals surface area contributed by atoms with Gasteiger partial charge in [-0.05, 0) is 24.3 Å². The molecule has 0 saturated carbocycles. The molecule has 0 unspecified atom stereocenters. The lowest BCUT2D eigenvalue weighted by atomic mass is 10.2. The van der Waals surface area contributed by atoms with Crippen LogP contribution in [0.25, 0.3) is 10.6 Å². The molecule has 0 amide bonds. The number of aromatic nitrogens is 1. The van der Waals surface area contributed by atoms with E-state index in [9.17, 15) is 13.6 Å². The third kappa shape index (κ3) is 3.60. The second-order valence-electron chi connectivity index (χ2n) is 4.82. The minimum absolute atomic E-state index is 0.170. The molecule has 0 fully saturated rings. The zero-order valence-electron chi connectivity index (χ0n) is 12.1. The van der Waals surface area contributed by atoms with E-state index in [0.29, 0.717) is 10.7 Å². The number of nitrogens with zero attached hydrogens (tertiary/aromatic N) is 1. The molecular formula is C17H10ClF2NO2S. The Balaban J connectivity index is 1.69. The summed E-state index contributed by atoms with van der Waals surface area (Å²) in [5.41, 5.74) is 0.669. The summed E-state index contributed by atoms with van der Waals surface area (Å²) >= 11 is 7.21. The summed E-state index contributed by atoms with van der Waals surface area (Å²) in [5, 5.41) is 3.07. The van der Waals surface area contributed by atoms with Gasteiger partial charge in [-0.3, -0.25) is 0 Å². The highest BCUT2D eigenvalue weighted by molar-refractivity contribution is 7.13. The van der Waals surface area contributed by atoms with Crippen LogP contribution in [0.3, 0.4) is 0 Å². The standard InChI is InChI=1S/C17H10ClF2NO2S/c18-11-6-4-10(5-7-11)16-21-12(9-24-16)8-23-17(22)15-13(19)2-1-3-14(15)20/h1-7,9H,8H2. The quantitative estimate of drug-likeness (QED) is 0.604. The fraction of sp³-hybridized carbons (Fsp3) is 0.0588. The second kappa shape index (κ2) is 7.07. The molecule has 0 atom stereocenters. The smallest absolute Gasteiger partial charge is 0.344 e. The van der Waals surface area contributed by atoms with Crippen molar-refractivity contribution >= 4 is 28.9 Å². The predicted octanol–water partition coefficient (Wildman–Crippen LogP) is 5.10. The maximum Gasteiger partial charge on any atom is 0.344 e. The van der Waals surface area contributed by atoms with Gasteiger partial charge in [0, 0.05) is 16.0 Å². The van der Waals surface area contributed by atoms with Gasteiger partial charge in [0.15, 0.2) is 0 Å². The van der Waals surface area contributed by atoms with E-state index in [1.54, 1.807) is 17.5 Å². The first kappa shape index (κ1) is 16.5. The topological polar surface area (TPSA) is 39.2 Å². The van der Waals surface area contributed by atoms with E-state index >= 15 is 0 Å². The fourth-order valence-electron chi connectivity index (χ4n) is 2.00. The van der Waals surface area contributed by atoms with Crippen molar-refractivity contribution in [3.63, 3.8) is 0 Å². The van der Waals surface area contributed by atoms with Crippen LogP contribution in [0.5, 0.6) is 0 Å². The molecule has 24 heavy (non-hydrogen) atoms. The van der Waals surface area contributed by atoms with E-state index in [-0.39, 0.29) is 6.61 Å². The fourth-order valence-corrected chi connectivity index (χ4v) is 2.94. The summed E-state index contributed by atoms with van der Waals surface area (Å²) < 4.78 is 32.0. The number of halogens is 3. The van der Waals surface area contributed by atoms with Gasteiger partial charge in [0.05, 0.1) is 5.69 Å². The number of benzene rings is 2. The monoisotopic (exact) mass is 365 g/mol. The average Bonchev–Trinajstić information content (AvgIpc) is 3.02. The Morgan fingerprint density at radius 1 is 1.12 bits per heavy atom. The molecule has 3 nitrogen and oxygen atoms in total. The van der Waals surface area contributed by atoms with Crippen LogP contribution < -0.4 is 0 Å². The normalized spacial score (nSPS) is 10.6. The van der Waals surface area contributed by atoms with E-state index in [2.05, 4.69) is 4.98 Å². The Kier molecular flexibility index (Phi) is 4.87. The molecule has 3 rings (SSSR count). The van der Waals surface area contributed by atoms with Gasteiger partial charge in [-0.1, -0.05) is 29.8 Å². The SMILES string of the molecule is O=C(OCc1csc(-c2ccc(Cl)cc2)n1)c1c(F)cccc1F. The Bertz CT molecular complexity index is 860. The van der Waals surface area contributed by atoms with Crippen LogP contribution in [0.2, 0.25) is 5.02 Å². The lowest BCUT2D eigenvalue weighted by Gasteiger charge is -2.05. The maximum atomic E-state index is 13.5. The van der Waals surface area contributed by atoms with Crippen LogP contribution in [-0.4, -0.2) is 11.0 Å². The summed E-state index contributed by atoms with van der Waals surface area (Å²) in [4.78, 5) is 16.2. The minimum Gasteiger partial charge on any atom is -0.455 e. The summed E-state index contributed by atoms with van der Waals surface area (Å²) in [5.74, 6) is -2.98. The van der Waals surface area contributed by atoms with Gasteiger partial charge >= 0.3 is 5.97 Å². The Morgan fingerprint density at radius 2 is 1.79 bits per heavy atom. The molecule has 0 aliphatic rings. The van der Waals surface area contributed by atoms with Gasteiger partial charge in [-0.2, -0.15) is 0 Å². The summed E-state index contributed by atoms with van der Waals surface area (Å²) in [6.45, 7) is -0.170. The lowest BCUT2D eigenvalue weighted by molar-refractivity contribution is 0.0457. The van der Waals surface area contributed by atoms with Gasteiger partial charge in [0.2, 0.25) is 0 Å². The molecule has 0 aliphatic heterocycles. The van der Waals surface area contributed by atoms with Crippen LogP contribution in [0.15, 0.2) is 47.8 Å². The molecule has 0 bridgehead atoms. The number of ether oxygens (including phenoxy) is 1. The van der Waals surface area contributed by atoms with Crippen molar-refractivity contribution in [3.05, 3.63) is 75.8 Å². The average molecular weight is 366 g/mol.